The molecule has 1 rings (SSSR count). The van der Waals surface area contributed by atoms with Gasteiger partial charge in [0.15, 0.2) is 5.78 Å². The minimum absolute atomic E-state index is 0.0845. The Labute approximate surface area is 123 Å². The fraction of sp³-hybridized carbons (Fsp3) is 0.467. The SMILES string of the molecule is CC(=O)c1cc(C=CCCNC(=O)OC(C)(C)C)cs1. The van der Waals surface area contributed by atoms with E-state index in [-0.39, 0.29) is 5.78 Å². The third-order valence-electron chi connectivity index (χ3n) is 2.26. The van der Waals surface area contributed by atoms with Gasteiger partial charge in [-0.25, -0.2) is 4.79 Å². The fourth-order valence-electron chi connectivity index (χ4n) is 1.41. The predicted molar refractivity (Wildman–Crippen MR) is 82.2 cm³/mol. The molecule has 0 fully saturated rings. The normalized spacial score (nSPS) is 11.6. The largest absolute Gasteiger partial charge is 0.444 e. The van der Waals surface area contributed by atoms with Crippen LogP contribution in [0.15, 0.2) is 17.5 Å². The van der Waals surface area contributed by atoms with E-state index in [1.165, 1.54) is 11.3 Å². The van der Waals surface area contributed by atoms with Crippen LogP contribution < -0.4 is 5.32 Å². The van der Waals surface area contributed by atoms with Gasteiger partial charge in [-0.2, -0.15) is 0 Å². The Bertz CT molecular complexity index is 497. The lowest BCUT2D eigenvalue weighted by Crippen LogP contribution is -2.32. The molecule has 110 valence electrons. The molecule has 1 aromatic heterocycles. The number of alkyl carbamates (subject to hydrolysis) is 1. The van der Waals surface area contributed by atoms with Crippen LogP contribution in [0.25, 0.3) is 6.08 Å². The molecular weight excluding hydrogens is 274 g/mol. The van der Waals surface area contributed by atoms with E-state index in [1.54, 1.807) is 6.92 Å². The number of ketones is 1. The number of nitrogens with one attached hydrogen (secondary N) is 1. The molecule has 0 bridgehead atoms. The quantitative estimate of drug-likeness (QED) is 0.662. The van der Waals surface area contributed by atoms with Gasteiger partial charge in [-0.05, 0) is 51.1 Å². The van der Waals surface area contributed by atoms with Gasteiger partial charge in [-0.15, -0.1) is 11.3 Å². The van der Waals surface area contributed by atoms with Crippen molar-refractivity contribution in [2.45, 2.75) is 39.7 Å². The number of thiophene rings is 1. The molecule has 0 unspecified atom stereocenters. The van der Waals surface area contributed by atoms with Gasteiger partial charge in [-0.3, -0.25) is 4.79 Å². The zero-order chi connectivity index (χ0) is 15.2. The van der Waals surface area contributed by atoms with E-state index in [4.69, 9.17) is 4.74 Å². The van der Waals surface area contributed by atoms with Crippen molar-refractivity contribution >= 4 is 29.3 Å². The first kappa shape index (κ1) is 16.4. The van der Waals surface area contributed by atoms with Crippen LogP contribution in [0.3, 0.4) is 0 Å². The third kappa shape index (κ3) is 6.52. The van der Waals surface area contributed by atoms with Crippen LogP contribution in [-0.2, 0) is 4.74 Å². The second kappa shape index (κ2) is 7.24. The Morgan fingerprint density at radius 2 is 2.10 bits per heavy atom. The summed E-state index contributed by atoms with van der Waals surface area (Å²) in [4.78, 5) is 23.3. The molecular formula is C15H21NO3S. The molecule has 0 aromatic carbocycles. The Kier molecular flexibility index (Phi) is 5.95. The number of hydrogen-bond donors (Lipinski definition) is 1. The van der Waals surface area contributed by atoms with E-state index in [1.807, 2.05) is 44.4 Å². The first-order chi connectivity index (χ1) is 9.28. The molecule has 1 N–H and O–H groups in total. The molecule has 1 heterocycles. The van der Waals surface area contributed by atoms with Crippen LogP contribution >= 0.6 is 11.3 Å². The van der Waals surface area contributed by atoms with Gasteiger partial charge in [0.25, 0.3) is 0 Å². The molecule has 1 aromatic rings. The Balaban J connectivity index is 2.28. The van der Waals surface area contributed by atoms with E-state index in [9.17, 15) is 9.59 Å². The van der Waals surface area contributed by atoms with E-state index in [0.717, 1.165) is 10.4 Å². The first-order valence-corrected chi connectivity index (χ1v) is 7.39. The lowest BCUT2D eigenvalue weighted by molar-refractivity contribution is 0.0528. The summed E-state index contributed by atoms with van der Waals surface area (Å²) < 4.78 is 5.12. The monoisotopic (exact) mass is 295 g/mol. The number of hydrogen-bond acceptors (Lipinski definition) is 4. The topological polar surface area (TPSA) is 55.4 Å². The van der Waals surface area contributed by atoms with Crippen molar-refractivity contribution in [3.8, 4) is 0 Å². The number of ether oxygens (including phenoxy) is 1. The maximum atomic E-state index is 11.4. The highest BCUT2D eigenvalue weighted by Gasteiger charge is 2.15. The molecule has 4 nitrogen and oxygen atoms in total. The van der Waals surface area contributed by atoms with Crippen molar-refractivity contribution in [2.75, 3.05) is 6.54 Å². The van der Waals surface area contributed by atoms with Crippen LogP contribution in [0, 0.1) is 0 Å². The average Bonchev–Trinajstić information content (AvgIpc) is 2.75. The Morgan fingerprint density at radius 1 is 1.40 bits per heavy atom. The van der Waals surface area contributed by atoms with Crippen molar-refractivity contribution in [3.05, 3.63) is 28.0 Å². The van der Waals surface area contributed by atoms with Crippen molar-refractivity contribution in [2.24, 2.45) is 0 Å². The van der Waals surface area contributed by atoms with Gasteiger partial charge < -0.3 is 10.1 Å². The number of carbonyl (C=O) groups is 2. The minimum Gasteiger partial charge on any atom is -0.444 e. The van der Waals surface area contributed by atoms with Crippen molar-refractivity contribution < 1.29 is 14.3 Å². The van der Waals surface area contributed by atoms with Crippen molar-refractivity contribution in [1.29, 1.82) is 0 Å². The summed E-state index contributed by atoms with van der Waals surface area (Å²) in [5.41, 5.74) is 0.539. The van der Waals surface area contributed by atoms with Crippen LogP contribution in [0.4, 0.5) is 4.79 Å². The number of carbonyl (C=O) groups excluding carboxylic acids is 2. The summed E-state index contributed by atoms with van der Waals surface area (Å²) >= 11 is 1.44. The van der Waals surface area contributed by atoms with Crippen molar-refractivity contribution in [3.63, 3.8) is 0 Å². The van der Waals surface area contributed by atoms with Crippen LogP contribution in [0.2, 0.25) is 0 Å². The number of rotatable bonds is 5. The zero-order valence-corrected chi connectivity index (χ0v) is 13.2. The van der Waals surface area contributed by atoms with E-state index in [2.05, 4.69) is 5.32 Å². The van der Waals surface area contributed by atoms with Gasteiger partial charge >= 0.3 is 6.09 Å². The standard InChI is InChI=1S/C15H21NO3S/c1-11(17)13-9-12(10-20-13)7-5-6-8-16-14(18)19-15(2,3)4/h5,7,9-10H,6,8H2,1-4H3,(H,16,18). The fourth-order valence-corrected chi connectivity index (χ4v) is 2.19. The molecule has 0 aliphatic heterocycles. The second-order valence-electron chi connectivity index (χ2n) is 5.42. The third-order valence-corrected chi connectivity index (χ3v) is 3.31. The van der Waals surface area contributed by atoms with Gasteiger partial charge in [0.05, 0.1) is 4.88 Å². The molecule has 0 saturated heterocycles. The summed E-state index contributed by atoms with van der Waals surface area (Å²) in [5.74, 6) is 0.0845. The molecule has 0 radical (unpaired) electrons. The molecule has 0 atom stereocenters. The highest BCUT2D eigenvalue weighted by atomic mass is 32.1. The average molecular weight is 295 g/mol. The lowest BCUT2D eigenvalue weighted by atomic mass is 10.2. The molecule has 0 saturated carbocycles. The minimum atomic E-state index is -0.473. The van der Waals surface area contributed by atoms with Crippen LogP contribution in [0.1, 0.15) is 49.4 Å². The van der Waals surface area contributed by atoms with Gasteiger partial charge in [0.1, 0.15) is 5.60 Å². The van der Waals surface area contributed by atoms with E-state index >= 15 is 0 Å². The summed E-state index contributed by atoms with van der Waals surface area (Å²) in [6.45, 7) is 7.57. The number of amides is 1. The lowest BCUT2D eigenvalue weighted by Gasteiger charge is -2.19. The van der Waals surface area contributed by atoms with Gasteiger partial charge in [0, 0.05) is 6.54 Å². The molecule has 0 aliphatic carbocycles. The highest BCUT2D eigenvalue weighted by molar-refractivity contribution is 7.12. The van der Waals surface area contributed by atoms with E-state index in [0.29, 0.717) is 13.0 Å². The number of Topliss-reactive ketones (excluding diaryl/α,β-unsaturated/α-hetero) is 1. The first-order valence-electron chi connectivity index (χ1n) is 6.51. The zero-order valence-electron chi connectivity index (χ0n) is 12.4. The maximum absolute atomic E-state index is 11.4. The van der Waals surface area contributed by atoms with E-state index < -0.39 is 11.7 Å². The molecule has 1 amide bonds. The van der Waals surface area contributed by atoms with Gasteiger partial charge in [-0.1, -0.05) is 12.2 Å². The maximum Gasteiger partial charge on any atom is 0.407 e. The van der Waals surface area contributed by atoms with Crippen molar-refractivity contribution in [1.82, 2.24) is 5.32 Å². The molecule has 0 aliphatic rings. The second-order valence-corrected chi connectivity index (χ2v) is 6.33. The smallest absolute Gasteiger partial charge is 0.407 e. The Hall–Kier alpha value is -1.62. The summed E-state index contributed by atoms with van der Waals surface area (Å²) in [5, 5.41) is 4.62. The Morgan fingerprint density at radius 3 is 2.65 bits per heavy atom. The summed E-state index contributed by atoms with van der Waals surface area (Å²) in [7, 11) is 0. The summed E-state index contributed by atoms with van der Waals surface area (Å²) in [6, 6.07) is 1.87. The van der Waals surface area contributed by atoms with Crippen LogP contribution in [0.5, 0.6) is 0 Å². The van der Waals surface area contributed by atoms with Gasteiger partial charge in [0.2, 0.25) is 0 Å². The summed E-state index contributed by atoms with van der Waals surface area (Å²) in [6.07, 6.45) is 4.22. The molecule has 0 spiro atoms. The molecule has 5 heteroatoms. The predicted octanol–water partition coefficient (Wildman–Crippen LogP) is 3.88. The van der Waals surface area contributed by atoms with Crippen LogP contribution in [-0.4, -0.2) is 24.0 Å². The molecule has 20 heavy (non-hydrogen) atoms. The highest BCUT2D eigenvalue weighted by Crippen LogP contribution is 2.16.